The lowest BCUT2D eigenvalue weighted by Gasteiger charge is -2.25. The van der Waals surface area contributed by atoms with E-state index in [0.717, 1.165) is 24.1 Å². The summed E-state index contributed by atoms with van der Waals surface area (Å²) in [5, 5.41) is 7.27. The van der Waals surface area contributed by atoms with Crippen molar-refractivity contribution in [3.05, 3.63) is 65.7 Å². The molecule has 1 aliphatic rings. The molecule has 170 valence electrons. The second-order valence-corrected chi connectivity index (χ2v) is 7.49. The van der Waals surface area contributed by atoms with Crippen molar-refractivity contribution in [2.24, 2.45) is 5.16 Å². The van der Waals surface area contributed by atoms with Crippen LogP contribution < -0.4 is 10.8 Å². The number of hydroxylamine groups is 1. The van der Waals surface area contributed by atoms with Crippen molar-refractivity contribution in [3.8, 4) is 0 Å². The van der Waals surface area contributed by atoms with Crippen molar-refractivity contribution in [1.82, 2.24) is 5.48 Å². The predicted molar refractivity (Wildman–Crippen MR) is 121 cm³/mol. The lowest BCUT2D eigenvalue weighted by atomic mass is 9.95. The zero-order chi connectivity index (χ0) is 22.8. The summed E-state index contributed by atoms with van der Waals surface area (Å²) in [5.41, 5.74) is 3.90. The molecular weight excluding hydrogens is 410 g/mol. The second-order valence-electron chi connectivity index (χ2n) is 7.49. The molecule has 0 radical (unpaired) electrons. The number of oxime groups is 1. The van der Waals surface area contributed by atoms with Gasteiger partial charge in [-0.25, -0.2) is 10.3 Å². The van der Waals surface area contributed by atoms with Gasteiger partial charge < -0.3 is 14.9 Å². The normalized spacial score (nSPS) is 17.2. The number of nitrogens with one attached hydrogen (secondary N) is 2. The van der Waals surface area contributed by atoms with Crippen LogP contribution in [0.2, 0.25) is 0 Å². The van der Waals surface area contributed by atoms with Crippen LogP contribution in [0, 0.1) is 0 Å². The molecule has 2 N–H and O–H groups in total. The van der Waals surface area contributed by atoms with Crippen molar-refractivity contribution in [2.75, 3.05) is 18.5 Å². The summed E-state index contributed by atoms with van der Waals surface area (Å²) in [7, 11) is 0. The molecule has 0 aromatic heterocycles. The SMILES string of the molecule is CCCC1=NOC(CNc2ccccc2C(=O)NOCc2ccccc2)(C(=O)OCC)C1. The highest BCUT2D eigenvalue weighted by atomic mass is 16.7. The number of amides is 1. The first-order chi connectivity index (χ1) is 15.6. The maximum absolute atomic E-state index is 12.7. The largest absolute Gasteiger partial charge is 0.463 e. The first kappa shape index (κ1) is 23.3. The van der Waals surface area contributed by atoms with E-state index in [0.29, 0.717) is 17.7 Å². The third kappa shape index (κ3) is 5.85. The lowest BCUT2D eigenvalue weighted by Crippen LogP contribution is -2.46. The van der Waals surface area contributed by atoms with Crippen LogP contribution in [0.15, 0.2) is 59.8 Å². The molecule has 32 heavy (non-hydrogen) atoms. The van der Waals surface area contributed by atoms with Gasteiger partial charge in [-0.3, -0.25) is 9.63 Å². The fourth-order valence-electron chi connectivity index (χ4n) is 3.40. The number of esters is 1. The van der Waals surface area contributed by atoms with E-state index in [4.69, 9.17) is 14.4 Å². The van der Waals surface area contributed by atoms with Crippen LogP contribution in [-0.4, -0.2) is 36.3 Å². The Morgan fingerprint density at radius 1 is 1.09 bits per heavy atom. The molecule has 2 aromatic carbocycles. The number of nitrogens with zero attached hydrogens (tertiary/aromatic N) is 1. The Morgan fingerprint density at radius 3 is 2.59 bits per heavy atom. The van der Waals surface area contributed by atoms with Crippen LogP contribution in [-0.2, 0) is 25.8 Å². The summed E-state index contributed by atoms with van der Waals surface area (Å²) in [4.78, 5) is 36.3. The van der Waals surface area contributed by atoms with Crippen LogP contribution in [0.5, 0.6) is 0 Å². The monoisotopic (exact) mass is 439 g/mol. The van der Waals surface area contributed by atoms with Gasteiger partial charge in [0.1, 0.15) is 0 Å². The molecule has 2 aromatic rings. The average molecular weight is 440 g/mol. The smallest absolute Gasteiger partial charge is 0.355 e. The number of carbonyl (C=O) groups is 2. The number of para-hydroxylation sites is 1. The maximum Gasteiger partial charge on any atom is 0.355 e. The minimum atomic E-state index is -1.26. The Kier molecular flexibility index (Phi) is 8.21. The Balaban J connectivity index is 1.65. The molecule has 0 saturated heterocycles. The van der Waals surface area contributed by atoms with Gasteiger partial charge in [-0.1, -0.05) is 61.0 Å². The molecule has 1 aliphatic heterocycles. The van der Waals surface area contributed by atoms with E-state index in [1.165, 1.54) is 0 Å². The summed E-state index contributed by atoms with van der Waals surface area (Å²) in [6.45, 7) is 4.39. The van der Waals surface area contributed by atoms with Gasteiger partial charge in [-0.2, -0.15) is 0 Å². The highest BCUT2D eigenvalue weighted by Crippen LogP contribution is 2.29. The third-order valence-corrected chi connectivity index (χ3v) is 5.01. The highest BCUT2D eigenvalue weighted by Gasteiger charge is 2.47. The van der Waals surface area contributed by atoms with Gasteiger partial charge in [0.25, 0.3) is 11.5 Å². The molecule has 0 aliphatic carbocycles. The average Bonchev–Trinajstić information content (AvgIpc) is 3.23. The molecule has 8 nitrogen and oxygen atoms in total. The Hall–Kier alpha value is -3.39. The Labute approximate surface area is 187 Å². The zero-order valence-corrected chi connectivity index (χ0v) is 18.4. The number of hydrogen-bond donors (Lipinski definition) is 2. The number of benzene rings is 2. The molecule has 0 saturated carbocycles. The van der Waals surface area contributed by atoms with Gasteiger partial charge in [0.05, 0.1) is 31.0 Å². The summed E-state index contributed by atoms with van der Waals surface area (Å²) >= 11 is 0. The summed E-state index contributed by atoms with van der Waals surface area (Å²) in [6.07, 6.45) is 2.00. The number of carbonyl (C=O) groups excluding carboxylic acids is 2. The van der Waals surface area contributed by atoms with Gasteiger partial charge in [0.15, 0.2) is 0 Å². The summed E-state index contributed by atoms with van der Waals surface area (Å²) < 4.78 is 5.24. The van der Waals surface area contributed by atoms with Crippen molar-refractivity contribution < 1.29 is 24.0 Å². The number of anilines is 1. The quantitative estimate of drug-likeness (QED) is 0.408. The topological polar surface area (TPSA) is 98.3 Å². The number of rotatable bonds is 11. The van der Waals surface area contributed by atoms with Gasteiger partial charge in [-0.15, -0.1) is 0 Å². The van der Waals surface area contributed by atoms with Gasteiger partial charge >= 0.3 is 5.97 Å². The third-order valence-electron chi connectivity index (χ3n) is 5.01. The molecule has 1 heterocycles. The van der Waals surface area contributed by atoms with Gasteiger partial charge in [0.2, 0.25) is 0 Å². The molecule has 0 bridgehead atoms. The number of hydrogen-bond acceptors (Lipinski definition) is 7. The number of ether oxygens (including phenoxy) is 1. The fourth-order valence-corrected chi connectivity index (χ4v) is 3.40. The molecule has 1 atom stereocenters. The first-order valence-electron chi connectivity index (χ1n) is 10.8. The summed E-state index contributed by atoms with van der Waals surface area (Å²) in [5.74, 6) is -0.875. The van der Waals surface area contributed by atoms with Crippen molar-refractivity contribution in [3.63, 3.8) is 0 Å². The first-order valence-corrected chi connectivity index (χ1v) is 10.8. The van der Waals surface area contributed by atoms with Crippen LogP contribution in [0.3, 0.4) is 0 Å². The summed E-state index contributed by atoms with van der Waals surface area (Å²) in [6, 6.07) is 16.5. The standard InChI is InChI=1S/C24H29N3O5/c1-3-10-19-15-24(32-26-19,23(29)30-4-2)17-25-21-14-9-8-13-20(21)22(28)27-31-16-18-11-6-5-7-12-18/h5-9,11-14,25H,3-4,10,15-17H2,1-2H3,(H,27,28). The molecule has 0 fully saturated rings. The van der Waals surface area contributed by atoms with E-state index in [9.17, 15) is 9.59 Å². The van der Waals surface area contributed by atoms with E-state index < -0.39 is 17.5 Å². The van der Waals surface area contributed by atoms with Crippen molar-refractivity contribution >= 4 is 23.3 Å². The molecule has 0 spiro atoms. The van der Waals surface area contributed by atoms with E-state index in [1.807, 2.05) is 37.3 Å². The Morgan fingerprint density at radius 2 is 1.84 bits per heavy atom. The van der Waals surface area contributed by atoms with E-state index in [2.05, 4.69) is 16.0 Å². The van der Waals surface area contributed by atoms with E-state index >= 15 is 0 Å². The van der Waals surface area contributed by atoms with Crippen LogP contribution in [0.1, 0.15) is 49.0 Å². The predicted octanol–water partition coefficient (Wildman–Crippen LogP) is 3.84. The molecular formula is C24H29N3O5. The Bertz CT molecular complexity index is 948. The van der Waals surface area contributed by atoms with Gasteiger partial charge in [0, 0.05) is 12.1 Å². The highest BCUT2D eigenvalue weighted by molar-refractivity contribution is 5.99. The fraction of sp³-hybridized carbons (Fsp3) is 0.375. The van der Waals surface area contributed by atoms with Gasteiger partial charge in [-0.05, 0) is 31.0 Å². The zero-order valence-electron chi connectivity index (χ0n) is 18.4. The molecule has 3 rings (SSSR count). The second kappa shape index (κ2) is 11.3. The van der Waals surface area contributed by atoms with E-state index in [-0.39, 0.29) is 19.8 Å². The minimum absolute atomic E-state index is 0.109. The minimum Gasteiger partial charge on any atom is -0.463 e. The lowest BCUT2D eigenvalue weighted by molar-refractivity contribution is -0.167. The van der Waals surface area contributed by atoms with Crippen LogP contribution in [0.25, 0.3) is 0 Å². The maximum atomic E-state index is 12.7. The van der Waals surface area contributed by atoms with Crippen molar-refractivity contribution in [2.45, 2.75) is 45.3 Å². The molecule has 1 unspecified atom stereocenters. The van der Waals surface area contributed by atoms with Crippen molar-refractivity contribution in [1.29, 1.82) is 0 Å². The van der Waals surface area contributed by atoms with E-state index in [1.54, 1.807) is 31.2 Å². The molecule has 1 amide bonds. The van der Waals surface area contributed by atoms with Crippen LogP contribution in [0.4, 0.5) is 5.69 Å². The van der Waals surface area contributed by atoms with Crippen LogP contribution >= 0.6 is 0 Å². The molecule has 8 heteroatoms.